The quantitative estimate of drug-likeness (QED) is 0.849. The fourth-order valence-electron chi connectivity index (χ4n) is 1.90. The van der Waals surface area contributed by atoms with Gasteiger partial charge in [0.2, 0.25) is 10.0 Å². The molecule has 0 saturated heterocycles. The Balaban J connectivity index is 2.14. The number of rotatable bonds is 6. The normalized spacial score (nSPS) is 13.0. The fourth-order valence-corrected chi connectivity index (χ4v) is 3.19. The van der Waals surface area contributed by atoms with Crippen molar-refractivity contribution >= 4 is 16.0 Å². The van der Waals surface area contributed by atoms with Crippen molar-refractivity contribution in [2.75, 3.05) is 0 Å². The number of carbonyl (C=O) groups is 1. The second kappa shape index (κ2) is 6.11. The van der Waals surface area contributed by atoms with Gasteiger partial charge in [-0.15, -0.1) is 0 Å². The highest BCUT2D eigenvalue weighted by atomic mass is 32.2. The molecule has 21 heavy (non-hydrogen) atoms. The molecule has 0 aliphatic carbocycles. The van der Waals surface area contributed by atoms with Gasteiger partial charge in [-0.25, -0.2) is 17.9 Å². The SMILES string of the molecule is C[C@@H](Cc1ccco1)NS(=O)(=O)c1cccc(C(=O)O)c1. The van der Waals surface area contributed by atoms with Crippen molar-refractivity contribution in [3.63, 3.8) is 0 Å². The smallest absolute Gasteiger partial charge is 0.335 e. The van der Waals surface area contributed by atoms with Gasteiger partial charge in [-0.1, -0.05) is 6.07 Å². The summed E-state index contributed by atoms with van der Waals surface area (Å²) in [5, 5.41) is 8.90. The molecule has 2 N–H and O–H groups in total. The molecule has 0 spiro atoms. The Hall–Kier alpha value is -2.12. The number of hydrogen-bond acceptors (Lipinski definition) is 4. The molecule has 7 heteroatoms. The van der Waals surface area contributed by atoms with Gasteiger partial charge in [-0.2, -0.15) is 0 Å². The molecule has 0 saturated carbocycles. The van der Waals surface area contributed by atoms with E-state index in [4.69, 9.17) is 9.52 Å². The second-order valence-corrected chi connectivity index (χ2v) is 6.35. The second-order valence-electron chi connectivity index (χ2n) is 4.64. The van der Waals surface area contributed by atoms with Crippen LogP contribution in [0.15, 0.2) is 52.0 Å². The number of carboxylic acid groups (broad SMARTS) is 1. The average Bonchev–Trinajstić information content (AvgIpc) is 2.91. The van der Waals surface area contributed by atoms with E-state index in [2.05, 4.69) is 4.72 Å². The van der Waals surface area contributed by atoms with Crippen molar-refractivity contribution in [2.24, 2.45) is 0 Å². The minimum Gasteiger partial charge on any atom is -0.478 e. The molecular weight excluding hydrogens is 294 g/mol. The first-order chi connectivity index (χ1) is 9.88. The van der Waals surface area contributed by atoms with Crippen LogP contribution in [-0.4, -0.2) is 25.5 Å². The summed E-state index contributed by atoms with van der Waals surface area (Å²) in [4.78, 5) is 10.8. The van der Waals surface area contributed by atoms with E-state index in [9.17, 15) is 13.2 Å². The van der Waals surface area contributed by atoms with E-state index < -0.39 is 16.0 Å². The molecule has 0 fully saturated rings. The summed E-state index contributed by atoms with van der Waals surface area (Å²) in [7, 11) is -3.77. The van der Waals surface area contributed by atoms with Gasteiger partial charge in [0.15, 0.2) is 0 Å². The summed E-state index contributed by atoms with van der Waals surface area (Å²) in [6, 6.07) is 8.33. The molecule has 1 aromatic heterocycles. The third-order valence-corrected chi connectivity index (χ3v) is 4.42. The van der Waals surface area contributed by atoms with Crippen LogP contribution in [0.4, 0.5) is 0 Å². The first kappa shape index (κ1) is 15.3. The predicted molar refractivity (Wildman–Crippen MR) is 75.6 cm³/mol. The lowest BCUT2D eigenvalue weighted by Gasteiger charge is -2.13. The van der Waals surface area contributed by atoms with E-state index in [1.165, 1.54) is 24.5 Å². The molecule has 6 nitrogen and oxygen atoms in total. The van der Waals surface area contributed by atoms with Gasteiger partial charge in [0.1, 0.15) is 5.76 Å². The van der Waals surface area contributed by atoms with Crippen molar-refractivity contribution < 1.29 is 22.7 Å². The number of carboxylic acids is 1. The van der Waals surface area contributed by atoms with Crippen molar-refractivity contribution in [3.05, 3.63) is 54.0 Å². The molecule has 0 bridgehead atoms. The summed E-state index contributed by atoms with van der Waals surface area (Å²) >= 11 is 0. The molecule has 1 heterocycles. The van der Waals surface area contributed by atoms with E-state index >= 15 is 0 Å². The summed E-state index contributed by atoms with van der Waals surface area (Å²) in [5.74, 6) is -0.500. The highest BCUT2D eigenvalue weighted by Gasteiger charge is 2.19. The number of sulfonamides is 1. The van der Waals surface area contributed by atoms with Crippen LogP contribution in [0.1, 0.15) is 23.0 Å². The van der Waals surface area contributed by atoms with Gasteiger partial charge in [-0.05, 0) is 37.3 Å². The molecule has 0 aliphatic heterocycles. The van der Waals surface area contributed by atoms with E-state index in [0.29, 0.717) is 12.2 Å². The Labute approximate surface area is 122 Å². The number of benzene rings is 1. The highest BCUT2D eigenvalue weighted by Crippen LogP contribution is 2.13. The Morgan fingerprint density at radius 3 is 2.71 bits per heavy atom. The van der Waals surface area contributed by atoms with Crippen LogP contribution in [0, 0.1) is 0 Å². The Morgan fingerprint density at radius 2 is 2.10 bits per heavy atom. The average molecular weight is 309 g/mol. The van der Waals surface area contributed by atoms with Crippen LogP contribution in [0.25, 0.3) is 0 Å². The largest absolute Gasteiger partial charge is 0.478 e. The van der Waals surface area contributed by atoms with Gasteiger partial charge in [0.25, 0.3) is 0 Å². The van der Waals surface area contributed by atoms with Gasteiger partial charge < -0.3 is 9.52 Å². The third-order valence-electron chi connectivity index (χ3n) is 2.84. The molecule has 2 aromatic rings. The van der Waals surface area contributed by atoms with Crippen molar-refractivity contribution in [1.82, 2.24) is 4.72 Å². The predicted octanol–water partition coefficient (Wildman–Crippen LogP) is 1.89. The van der Waals surface area contributed by atoms with Crippen LogP contribution in [0.5, 0.6) is 0 Å². The number of nitrogens with one attached hydrogen (secondary N) is 1. The van der Waals surface area contributed by atoms with Gasteiger partial charge in [-0.3, -0.25) is 0 Å². The standard InChI is InChI=1S/C14H15NO5S/c1-10(8-12-5-3-7-20-12)15-21(18,19)13-6-2-4-11(9-13)14(16)17/h2-7,9-10,15H,8H2,1H3,(H,16,17)/t10-/m0/s1. The zero-order valence-electron chi connectivity index (χ0n) is 11.3. The Bertz CT molecular complexity index is 722. The first-order valence-corrected chi connectivity index (χ1v) is 7.75. The zero-order chi connectivity index (χ0) is 15.5. The monoisotopic (exact) mass is 309 g/mol. The summed E-state index contributed by atoms with van der Waals surface area (Å²) in [5.41, 5.74) is -0.0726. The molecule has 2 rings (SSSR count). The number of hydrogen-bond donors (Lipinski definition) is 2. The lowest BCUT2D eigenvalue weighted by molar-refractivity contribution is 0.0696. The Kier molecular flexibility index (Phi) is 4.44. The lowest BCUT2D eigenvalue weighted by Crippen LogP contribution is -2.34. The topological polar surface area (TPSA) is 96.6 Å². The number of furan rings is 1. The molecule has 112 valence electrons. The van der Waals surface area contributed by atoms with Gasteiger partial charge in [0, 0.05) is 12.5 Å². The Morgan fingerprint density at radius 1 is 1.33 bits per heavy atom. The molecular formula is C14H15NO5S. The minimum absolute atomic E-state index is 0.0726. The van der Waals surface area contributed by atoms with Crippen LogP contribution < -0.4 is 4.72 Å². The third kappa shape index (κ3) is 3.93. The van der Waals surface area contributed by atoms with E-state index in [-0.39, 0.29) is 16.5 Å². The van der Waals surface area contributed by atoms with Gasteiger partial charge >= 0.3 is 5.97 Å². The van der Waals surface area contributed by atoms with Crippen LogP contribution in [-0.2, 0) is 16.4 Å². The molecule has 1 atom stereocenters. The molecule has 1 aromatic carbocycles. The lowest BCUT2D eigenvalue weighted by atomic mass is 10.2. The first-order valence-electron chi connectivity index (χ1n) is 6.26. The molecule has 0 radical (unpaired) electrons. The van der Waals surface area contributed by atoms with Crippen molar-refractivity contribution in [3.8, 4) is 0 Å². The van der Waals surface area contributed by atoms with E-state index in [1.807, 2.05) is 0 Å². The van der Waals surface area contributed by atoms with Crippen LogP contribution in [0.2, 0.25) is 0 Å². The van der Waals surface area contributed by atoms with E-state index in [0.717, 1.165) is 6.07 Å². The maximum Gasteiger partial charge on any atom is 0.335 e. The summed E-state index contributed by atoms with van der Waals surface area (Å²) < 4.78 is 32.1. The van der Waals surface area contributed by atoms with E-state index in [1.54, 1.807) is 19.1 Å². The molecule has 0 amide bonds. The van der Waals surface area contributed by atoms with Gasteiger partial charge in [0.05, 0.1) is 16.7 Å². The fraction of sp³-hybridized carbons (Fsp3) is 0.214. The maximum absolute atomic E-state index is 12.2. The van der Waals surface area contributed by atoms with Crippen LogP contribution in [0.3, 0.4) is 0 Å². The zero-order valence-corrected chi connectivity index (χ0v) is 12.1. The highest BCUT2D eigenvalue weighted by molar-refractivity contribution is 7.89. The summed E-state index contributed by atoms with van der Waals surface area (Å²) in [6.07, 6.45) is 1.93. The molecule has 0 unspecified atom stereocenters. The minimum atomic E-state index is -3.77. The number of aromatic carboxylic acids is 1. The maximum atomic E-state index is 12.2. The summed E-state index contributed by atoms with van der Waals surface area (Å²) in [6.45, 7) is 1.71. The van der Waals surface area contributed by atoms with Crippen molar-refractivity contribution in [1.29, 1.82) is 0 Å². The van der Waals surface area contributed by atoms with Crippen molar-refractivity contribution in [2.45, 2.75) is 24.3 Å². The molecule has 0 aliphatic rings. The van der Waals surface area contributed by atoms with Crippen LogP contribution >= 0.6 is 0 Å².